The molecule has 0 atom stereocenters. The van der Waals surface area contributed by atoms with E-state index in [2.05, 4.69) is 15.0 Å². The Balaban J connectivity index is 2.15. The summed E-state index contributed by atoms with van der Waals surface area (Å²) in [6, 6.07) is 10.4. The topological polar surface area (TPSA) is 100 Å². The Labute approximate surface area is 143 Å². The highest BCUT2D eigenvalue weighted by molar-refractivity contribution is 5.83. The van der Waals surface area contributed by atoms with E-state index < -0.39 is 17.1 Å². The number of aromatic hydroxyl groups is 1. The van der Waals surface area contributed by atoms with E-state index in [-0.39, 0.29) is 5.56 Å². The van der Waals surface area contributed by atoms with Crippen molar-refractivity contribution in [1.82, 2.24) is 14.5 Å². The van der Waals surface area contributed by atoms with E-state index in [1.807, 2.05) is 19.9 Å². The van der Waals surface area contributed by atoms with E-state index >= 15 is 0 Å². The Hall–Kier alpha value is -3.48. The zero-order valence-corrected chi connectivity index (χ0v) is 13.7. The molecule has 0 aliphatic heterocycles. The van der Waals surface area contributed by atoms with Gasteiger partial charge in [-0.2, -0.15) is 0 Å². The molecule has 0 radical (unpaired) electrons. The number of rotatable bonds is 3. The lowest BCUT2D eigenvalue weighted by Crippen LogP contribution is -2.31. The highest BCUT2D eigenvalue weighted by Gasteiger charge is 2.14. The predicted octanol–water partition coefficient (Wildman–Crippen LogP) is 1.99. The number of aliphatic imine (C=N–C) groups is 1. The molecule has 0 fully saturated rings. The first kappa shape index (κ1) is 16.4. The smallest absolute Gasteiger partial charge is 0.335 e. The fourth-order valence-corrected chi connectivity index (χ4v) is 2.32. The average Bonchev–Trinajstić information content (AvgIpc) is 2.58. The number of aromatic amines is 1. The molecule has 7 heteroatoms. The zero-order chi connectivity index (χ0) is 18.0. The Morgan fingerprint density at radius 3 is 2.64 bits per heavy atom. The Morgan fingerprint density at radius 1 is 1.16 bits per heavy atom. The normalized spacial score (nSPS) is 11.1. The molecule has 0 aliphatic rings. The van der Waals surface area contributed by atoms with Crippen LogP contribution < -0.4 is 11.2 Å². The van der Waals surface area contributed by atoms with Gasteiger partial charge in [0.25, 0.3) is 5.56 Å². The summed E-state index contributed by atoms with van der Waals surface area (Å²) >= 11 is 0. The van der Waals surface area contributed by atoms with Gasteiger partial charge in [-0.3, -0.25) is 9.78 Å². The van der Waals surface area contributed by atoms with E-state index in [0.717, 1.165) is 15.7 Å². The van der Waals surface area contributed by atoms with Crippen LogP contribution in [0, 0.1) is 13.8 Å². The second kappa shape index (κ2) is 6.56. The summed E-state index contributed by atoms with van der Waals surface area (Å²) in [6.45, 7) is 3.84. The van der Waals surface area contributed by atoms with Crippen molar-refractivity contribution in [1.29, 1.82) is 0 Å². The third kappa shape index (κ3) is 3.25. The second-order valence-corrected chi connectivity index (χ2v) is 5.55. The van der Waals surface area contributed by atoms with Crippen molar-refractivity contribution in [2.24, 2.45) is 4.99 Å². The number of hydrogen-bond donors (Lipinski definition) is 2. The van der Waals surface area contributed by atoms with Crippen LogP contribution >= 0.6 is 0 Å². The van der Waals surface area contributed by atoms with Gasteiger partial charge in [0, 0.05) is 12.4 Å². The molecule has 0 unspecified atom stereocenters. The standard InChI is InChI=1S/C18H16N4O3/c1-11-6-7-13(9-12(11)2)22-17(24)14(16(23)21-18(22)25)10-20-15-5-3-4-8-19-15/h3-10,24H,1-2H3,(H,21,23,25). The van der Waals surface area contributed by atoms with Crippen molar-refractivity contribution in [2.45, 2.75) is 13.8 Å². The van der Waals surface area contributed by atoms with Crippen LogP contribution in [0.25, 0.3) is 5.69 Å². The maximum Gasteiger partial charge on any atom is 0.335 e. The first-order chi connectivity index (χ1) is 12.0. The summed E-state index contributed by atoms with van der Waals surface area (Å²) in [6.07, 6.45) is 2.75. The molecule has 126 valence electrons. The SMILES string of the molecule is Cc1ccc(-n2c(O)c(C=Nc3ccccn3)c(=O)[nH]c2=O)cc1C. The molecule has 2 aromatic heterocycles. The van der Waals surface area contributed by atoms with Crippen molar-refractivity contribution in [3.8, 4) is 11.6 Å². The molecular weight excluding hydrogens is 320 g/mol. The van der Waals surface area contributed by atoms with Crippen molar-refractivity contribution < 1.29 is 5.11 Å². The Morgan fingerprint density at radius 2 is 1.96 bits per heavy atom. The van der Waals surface area contributed by atoms with E-state index in [1.54, 1.807) is 36.5 Å². The second-order valence-electron chi connectivity index (χ2n) is 5.55. The minimum Gasteiger partial charge on any atom is -0.493 e. The minimum atomic E-state index is -0.722. The van der Waals surface area contributed by atoms with Gasteiger partial charge in [-0.05, 0) is 49.2 Å². The van der Waals surface area contributed by atoms with Crippen molar-refractivity contribution in [3.63, 3.8) is 0 Å². The molecule has 0 amide bonds. The van der Waals surface area contributed by atoms with Gasteiger partial charge in [0.1, 0.15) is 5.56 Å². The molecule has 3 rings (SSSR count). The Bertz CT molecular complexity index is 1070. The maximum absolute atomic E-state index is 12.2. The molecule has 2 heterocycles. The fraction of sp³-hybridized carbons (Fsp3) is 0.111. The van der Waals surface area contributed by atoms with Crippen molar-refractivity contribution in [2.75, 3.05) is 0 Å². The molecule has 2 N–H and O–H groups in total. The monoisotopic (exact) mass is 336 g/mol. The van der Waals surface area contributed by atoms with Crippen LogP contribution in [0.1, 0.15) is 16.7 Å². The number of aryl methyl sites for hydroxylation is 2. The van der Waals surface area contributed by atoms with Gasteiger partial charge in [0.05, 0.1) is 5.69 Å². The molecule has 0 aliphatic carbocycles. The number of nitrogens with one attached hydrogen (secondary N) is 1. The van der Waals surface area contributed by atoms with Crippen LogP contribution in [-0.4, -0.2) is 25.9 Å². The molecule has 3 aromatic rings. The van der Waals surface area contributed by atoms with Crippen LogP contribution in [-0.2, 0) is 0 Å². The lowest BCUT2D eigenvalue weighted by molar-refractivity contribution is 0.430. The van der Waals surface area contributed by atoms with Gasteiger partial charge in [-0.1, -0.05) is 12.1 Å². The molecule has 1 aromatic carbocycles. The van der Waals surface area contributed by atoms with Crippen LogP contribution in [0.4, 0.5) is 5.82 Å². The average molecular weight is 336 g/mol. The molecule has 0 saturated carbocycles. The van der Waals surface area contributed by atoms with Gasteiger partial charge in [0.15, 0.2) is 5.82 Å². The third-order valence-corrected chi connectivity index (χ3v) is 3.84. The van der Waals surface area contributed by atoms with Gasteiger partial charge >= 0.3 is 5.69 Å². The molecule has 0 spiro atoms. The van der Waals surface area contributed by atoms with Crippen LogP contribution in [0.5, 0.6) is 5.88 Å². The molecule has 0 saturated heterocycles. The number of hydrogen-bond acceptors (Lipinski definition) is 5. The summed E-state index contributed by atoms with van der Waals surface area (Å²) in [7, 11) is 0. The summed E-state index contributed by atoms with van der Waals surface area (Å²) < 4.78 is 1.04. The van der Waals surface area contributed by atoms with Crippen molar-refractivity contribution in [3.05, 3.63) is 80.1 Å². The van der Waals surface area contributed by atoms with E-state index in [0.29, 0.717) is 11.5 Å². The number of benzene rings is 1. The zero-order valence-electron chi connectivity index (χ0n) is 13.7. The van der Waals surface area contributed by atoms with Crippen LogP contribution in [0.2, 0.25) is 0 Å². The largest absolute Gasteiger partial charge is 0.493 e. The highest BCUT2D eigenvalue weighted by atomic mass is 16.3. The number of pyridine rings is 1. The first-order valence-corrected chi connectivity index (χ1v) is 7.58. The van der Waals surface area contributed by atoms with Gasteiger partial charge in [-0.25, -0.2) is 19.3 Å². The molecule has 0 bridgehead atoms. The first-order valence-electron chi connectivity index (χ1n) is 7.58. The van der Waals surface area contributed by atoms with Gasteiger partial charge in [-0.15, -0.1) is 0 Å². The maximum atomic E-state index is 12.2. The number of aromatic nitrogens is 3. The number of nitrogens with zero attached hydrogens (tertiary/aromatic N) is 3. The minimum absolute atomic E-state index is 0.122. The summed E-state index contributed by atoms with van der Waals surface area (Å²) in [5.41, 5.74) is 0.900. The summed E-state index contributed by atoms with van der Waals surface area (Å²) in [5, 5.41) is 10.5. The van der Waals surface area contributed by atoms with Gasteiger partial charge in [0.2, 0.25) is 5.88 Å². The Kier molecular flexibility index (Phi) is 4.30. The quantitative estimate of drug-likeness (QED) is 0.714. The predicted molar refractivity (Wildman–Crippen MR) is 95.3 cm³/mol. The van der Waals surface area contributed by atoms with Gasteiger partial charge < -0.3 is 5.11 Å². The molecular formula is C18H16N4O3. The van der Waals surface area contributed by atoms with Crippen molar-refractivity contribution >= 4 is 12.0 Å². The fourth-order valence-electron chi connectivity index (χ4n) is 2.32. The van der Waals surface area contributed by atoms with Crippen LogP contribution in [0.3, 0.4) is 0 Å². The van der Waals surface area contributed by atoms with Crippen LogP contribution in [0.15, 0.2) is 57.2 Å². The highest BCUT2D eigenvalue weighted by Crippen LogP contribution is 2.18. The summed E-state index contributed by atoms with van der Waals surface area (Å²) in [5.74, 6) is -0.0954. The summed E-state index contributed by atoms with van der Waals surface area (Å²) in [4.78, 5) is 34.5. The van der Waals surface area contributed by atoms with E-state index in [4.69, 9.17) is 0 Å². The lowest BCUT2D eigenvalue weighted by atomic mass is 10.1. The molecule has 25 heavy (non-hydrogen) atoms. The lowest BCUT2D eigenvalue weighted by Gasteiger charge is -2.11. The molecule has 7 nitrogen and oxygen atoms in total. The van der Waals surface area contributed by atoms with E-state index in [1.165, 1.54) is 6.21 Å². The van der Waals surface area contributed by atoms with E-state index in [9.17, 15) is 14.7 Å². The third-order valence-electron chi connectivity index (χ3n) is 3.84. The number of H-pyrrole nitrogens is 1.